The van der Waals surface area contributed by atoms with Gasteiger partial charge in [-0.15, -0.1) is 0 Å². The molecule has 6 nitrogen and oxygen atoms in total. The Kier molecular flexibility index (Phi) is 4.86. The molecule has 3 heterocycles. The van der Waals surface area contributed by atoms with E-state index >= 15 is 0 Å². The number of imidazole rings is 1. The lowest BCUT2D eigenvalue weighted by atomic mass is 9.92. The van der Waals surface area contributed by atoms with Crippen LogP contribution in [0.2, 0.25) is 0 Å². The van der Waals surface area contributed by atoms with Crippen LogP contribution in [0.5, 0.6) is 5.75 Å². The van der Waals surface area contributed by atoms with E-state index < -0.39 is 18.3 Å². The normalized spacial score (nSPS) is 21.9. The monoisotopic (exact) mass is 368 g/mol. The standard InChI is InChI=1S/C21H24N2O4/c1-13-14(2)23-10-9-16-19(26-12-11-25-3)17(24)18(15-7-5-4-6-8-15)27-20(16)21(23)22-13/h4-10,17-19,24H,11-12H2,1-3H3/t17-,18+,19+/m0/s1. The third kappa shape index (κ3) is 3.10. The van der Waals surface area contributed by atoms with E-state index in [1.807, 2.05) is 60.8 Å². The molecule has 1 aliphatic heterocycles. The van der Waals surface area contributed by atoms with Gasteiger partial charge in [0.25, 0.3) is 0 Å². The second-order valence-corrected chi connectivity index (χ2v) is 6.80. The Morgan fingerprint density at radius 2 is 1.93 bits per heavy atom. The van der Waals surface area contributed by atoms with Crippen LogP contribution in [0.25, 0.3) is 5.65 Å². The van der Waals surface area contributed by atoms with Gasteiger partial charge < -0.3 is 23.7 Å². The van der Waals surface area contributed by atoms with Crippen LogP contribution < -0.4 is 4.74 Å². The van der Waals surface area contributed by atoms with Gasteiger partial charge in [-0.3, -0.25) is 0 Å². The van der Waals surface area contributed by atoms with E-state index in [2.05, 4.69) is 4.98 Å². The van der Waals surface area contributed by atoms with Crippen molar-refractivity contribution >= 4 is 5.65 Å². The van der Waals surface area contributed by atoms with Gasteiger partial charge in [-0.05, 0) is 25.5 Å². The van der Waals surface area contributed by atoms with Crippen LogP contribution in [0.4, 0.5) is 0 Å². The van der Waals surface area contributed by atoms with Gasteiger partial charge in [-0.25, -0.2) is 4.98 Å². The van der Waals surface area contributed by atoms with Gasteiger partial charge in [0.2, 0.25) is 0 Å². The lowest BCUT2D eigenvalue weighted by molar-refractivity contribution is -0.108. The number of benzene rings is 1. The zero-order valence-electron chi connectivity index (χ0n) is 15.8. The lowest BCUT2D eigenvalue weighted by Crippen LogP contribution is -2.36. The summed E-state index contributed by atoms with van der Waals surface area (Å²) in [6, 6.07) is 11.7. The van der Waals surface area contributed by atoms with Gasteiger partial charge in [0.1, 0.15) is 12.2 Å². The molecule has 0 aliphatic carbocycles. The summed E-state index contributed by atoms with van der Waals surface area (Å²) < 4.78 is 19.4. The predicted octanol–water partition coefficient (Wildman–Crippen LogP) is 3.15. The second kappa shape index (κ2) is 7.31. The topological polar surface area (TPSA) is 65.2 Å². The molecule has 3 atom stereocenters. The highest BCUT2D eigenvalue weighted by molar-refractivity contribution is 5.62. The maximum Gasteiger partial charge on any atom is 0.180 e. The molecule has 0 bridgehead atoms. The third-order valence-electron chi connectivity index (χ3n) is 5.14. The molecule has 0 unspecified atom stereocenters. The molecule has 0 amide bonds. The zero-order valence-corrected chi connectivity index (χ0v) is 15.8. The number of hydrogen-bond acceptors (Lipinski definition) is 5. The Morgan fingerprint density at radius 3 is 2.67 bits per heavy atom. The summed E-state index contributed by atoms with van der Waals surface area (Å²) in [6.45, 7) is 4.85. The fourth-order valence-corrected chi connectivity index (χ4v) is 3.57. The fourth-order valence-electron chi connectivity index (χ4n) is 3.57. The molecule has 27 heavy (non-hydrogen) atoms. The van der Waals surface area contributed by atoms with E-state index in [9.17, 15) is 5.11 Å². The van der Waals surface area contributed by atoms with Crippen molar-refractivity contribution in [3.8, 4) is 5.75 Å². The van der Waals surface area contributed by atoms with Gasteiger partial charge in [0.05, 0.1) is 18.9 Å². The molecule has 142 valence electrons. The number of aliphatic hydroxyl groups excluding tert-OH is 1. The predicted molar refractivity (Wildman–Crippen MR) is 101 cm³/mol. The summed E-state index contributed by atoms with van der Waals surface area (Å²) in [7, 11) is 1.63. The van der Waals surface area contributed by atoms with E-state index in [1.54, 1.807) is 7.11 Å². The van der Waals surface area contributed by atoms with Crippen LogP contribution in [-0.4, -0.2) is 40.9 Å². The SMILES string of the molecule is COCCO[C@@H]1c2ccn3c(C)c(C)nc3c2O[C@H](c2ccccc2)[C@@H]1O. The smallest absolute Gasteiger partial charge is 0.180 e. The molecular formula is C21H24N2O4. The van der Waals surface area contributed by atoms with Gasteiger partial charge in [0, 0.05) is 24.6 Å². The van der Waals surface area contributed by atoms with Crippen LogP contribution in [-0.2, 0) is 9.47 Å². The number of ether oxygens (including phenoxy) is 3. The van der Waals surface area contributed by atoms with Crippen LogP contribution >= 0.6 is 0 Å². The maximum absolute atomic E-state index is 11.0. The molecule has 0 fully saturated rings. The first-order valence-corrected chi connectivity index (χ1v) is 9.10. The Balaban J connectivity index is 1.82. The van der Waals surface area contributed by atoms with Crippen LogP contribution in [0.15, 0.2) is 42.6 Å². The average molecular weight is 368 g/mol. The van der Waals surface area contributed by atoms with Crippen molar-refractivity contribution in [1.82, 2.24) is 9.38 Å². The van der Waals surface area contributed by atoms with Crippen LogP contribution in [0.1, 0.15) is 34.7 Å². The van der Waals surface area contributed by atoms with Gasteiger partial charge in [-0.2, -0.15) is 0 Å². The summed E-state index contributed by atoms with van der Waals surface area (Å²) in [6.07, 6.45) is 0.0669. The molecule has 1 aliphatic rings. The number of fused-ring (bicyclic) bond motifs is 3. The number of aryl methyl sites for hydroxylation is 2. The largest absolute Gasteiger partial charge is 0.479 e. The van der Waals surface area contributed by atoms with Gasteiger partial charge in [0.15, 0.2) is 17.5 Å². The lowest BCUT2D eigenvalue weighted by Gasteiger charge is -2.36. The van der Waals surface area contributed by atoms with Crippen LogP contribution in [0, 0.1) is 13.8 Å². The van der Waals surface area contributed by atoms with Gasteiger partial charge in [-0.1, -0.05) is 30.3 Å². The van der Waals surface area contributed by atoms with E-state index in [0.717, 1.165) is 28.2 Å². The number of hydrogen-bond donors (Lipinski definition) is 1. The van der Waals surface area contributed by atoms with E-state index in [0.29, 0.717) is 19.0 Å². The van der Waals surface area contributed by atoms with Crippen LogP contribution in [0.3, 0.4) is 0 Å². The Morgan fingerprint density at radius 1 is 1.15 bits per heavy atom. The Bertz CT molecular complexity index is 938. The summed E-state index contributed by atoms with van der Waals surface area (Å²) in [5, 5.41) is 11.0. The first-order chi connectivity index (χ1) is 13.1. The number of pyridine rings is 1. The first-order valence-electron chi connectivity index (χ1n) is 9.10. The van der Waals surface area contributed by atoms with E-state index in [1.165, 1.54) is 0 Å². The average Bonchev–Trinajstić information content (AvgIpc) is 2.98. The van der Waals surface area contributed by atoms with Crippen molar-refractivity contribution in [3.63, 3.8) is 0 Å². The minimum atomic E-state index is -0.837. The number of rotatable bonds is 5. The quantitative estimate of drug-likeness (QED) is 0.701. The number of aliphatic hydroxyl groups is 1. The molecule has 0 saturated heterocycles. The molecule has 2 aromatic heterocycles. The molecule has 0 radical (unpaired) electrons. The molecule has 3 aromatic rings. The van der Waals surface area contributed by atoms with Crippen molar-refractivity contribution in [1.29, 1.82) is 0 Å². The molecule has 6 heteroatoms. The summed E-state index contributed by atoms with van der Waals surface area (Å²) in [4.78, 5) is 4.69. The summed E-state index contributed by atoms with van der Waals surface area (Å²) in [5.41, 5.74) is 4.47. The maximum atomic E-state index is 11.0. The fraction of sp³-hybridized carbons (Fsp3) is 0.381. The zero-order chi connectivity index (χ0) is 19.0. The second-order valence-electron chi connectivity index (χ2n) is 6.80. The molecule has 4 rings (SSSR count). The molecular weight excluding hydrogens is 344 g/mol. The minimum absolute atomic E-state index is 0.386. The summed E-state index contributed by atoms with van der Waals surface area (Å²) >= 11 is 0. The number of nitrogens with zero attached hydrogens (tertiary/aromatic N) is 2. The number of aromatic nitrogens is 2. The molecule has 1 aromatic carbocycles. The Labute approximate surface area is 158 Å². The first kappa shape index (κ1) is 18.0. The van der Waals surface area contributed by atoms with Crippen molar-refractivity contribution in [2.24, 2.45) is 0 Å². The van der Waals surface area contributed by atoms with E-state index in [4.69, 9.17) is 14.2 Å². The Hall–Kier alpha value is -2.41. The van der Waals surface area contributed by atoms with Crippen molar-refractivity contribution < 1.29 is 19.3 Å². The van der Waals surface area contributed by atoms with E-state index in [-0.39, 0.29) is 0 Å². The third-order valence-corrected chi connectivity index (χ3v) is 5.14. The van der Waals surface area contributed by atoms with Crippen molar-refractivity contribution in [2.75, 3.05) is 20.3 Å². The van der Waals surface area contributed by atoms with Gasteiger partial charge >= 0.3 is 0 Å². The highest BCUT2D eigenvalue weighted by atomic mass is 16.5. The highest BCUT2D eigenvalue weighted by Gasteiger charge is 2.40. The molecule has 1 N–H and O–H groups in total. The molecule has 0 saturated carbocycles. The van der Waals surface area contributed by atoms with Crippen molar-refractivity contribution in [2.45, 2.75) is 32.2 Å². The number of methoxy groups -OCH3 is 1. The molecule has 0 spiro atoms. The minimum Gasteiger partial charge on any atom is -0.479 e. The highest BCUT2D eigenvalue weighted by Crippen LogP contribution is 2.44. The van der Waals surface area contributed by atoms with Crippen molar-refractivity contribution in [3.05, 3.63) is 65.1 Å². The summed E-state index contributed by atoms with van der Waals surface area (Å²) in [5.74, 6) is 0.662.